The number of nitrogens with one attached hydrogen (secondary N) is 2. The molecule has 0 bridgehead atoms. The van der Waals surface area contributed by atoms with Gasteiger partial charge in [-0.15, -0.1) is 0 Å². The lowest BCUT2D eigenvalue weighted by Gasteiger charge is -2.23. The molecule has 1 aliphatic heterocycles. The van der Waals surface area contributed by atoms with Gasteiger partial charge in [0.25, 0.3) is 0 Å². The molecule has 1 fully saturated rings. The number of hydrogen-bond donors (Lipinski definition) is 2. The molecule has 1 heterocycles. The van der Waals surface area contributed by atoms with Crippen molar-refractivity contribution in [3.05, 3.63) is 23.2 Å². The van der Waals surface area contributed by atoms with E-state index in [4.69, 9.17) is 21.1 Å². The van der Waals surface area contributed by atoms with Gasteiger partial charge in [-0.1, -0.05) is 11.6 Å². The van der Waals surface area contributed by atoms with Crippen LogP contribution in [0.4, 0.5) is 5.69 Å². The van der Waals surface area contributed by atoms with Crippen molar-refractivity contribution in [3.63, 3.8) is 0 Å². The van der Waals surface area contributed by atoms with Gasteiger partial charge >= 0.3 is 0 Å². The number of rotatable bonds is 4. The Balaban J connectivity index is 1.90. The van der Waals surface area contributed by atoms with E-state index in [1.54, 1.807) is 18.2 Å². The molecule has 1 aromatic rings. The number of hydrogen-bond acceptors (Lipinski definition) is 4. The molecule has 6 heteroatoms. The molecule has 104 valence electrons. The third-order valence-electron chi connectivity index (χ3n) is 2.85. The Bertz CT molecular complexity index is 448. The summed E-state index contributed by atoms with van der Waals surface area (Å²) >= 11 is 5.92. The topological polar surface area (TPSA) is 59.6 Å². The van der Waals surface area contributed by atoms with Gasteiger partial charge in [-0.3, -0.25) is 4.79 Å². The summed E-state index contributed by atoms with van der Waals surface area (Å²) < 4.78 is 10.6. The van der Waals surface area contributed by atoms with Crippen LogP contribution in [-0.4, -0.2) is 38.8 Å². The maximum absolute atomic E-state index is 11.9. The fourth-order valence-electron chi connectivity index (χ4n) is 1.91. The van der Waals surface area contributed by atoms with E-state index >= 15 is 0 Å². The third kappa shape index (κ3) is 4.09. The molecule has 1 atom stereocenters. The smallest absolute Gasteiger partial charge is 0.227 e. The van der Waals surface area contributed by atoms with Crippen molar-refractivity contribution in [2.75, 3.05) is 32.1 Å². The van der Waals surface area contributed by atoms with Gasteiger partial charge in [0.15, 0.2) is 0 Å². The number of benzene rings is 1. The van der Waals surface area contributed by atoms with Crippen molar-refractivity contribution in [1.82, 2.24) is 5.32 Å². The van der Waals surface area contributed by atoms with E-state index in [9.17, 15) is 4.79 Å². The Kier molecular flexibility index (Phi) is 5.01. The maximum atomic E-state index is 11.9. The number of methoxy groups -OCH3 is 1. The summed E-state index contributed by atoms with van der Waals surface area (Å²) in [6.07, 6.45) is 0.265. The number of halogens is 1. The zero-order valence-electron chi connectivity index (χ0n) is 10.7. The van der Waals surface area contributed by atoms with Crippen LogP contribution in [0.1, 0.15) is 6.42 Å². The maximum Gasteiger partial charge on any atom is 0.227 e. The van der Waals surface area contributed by atoms with Crippen molar-refractivity contribution in [3.8, 4) is 5.75 Å². The lowest BCUT2D eigenvalue weighted by atomic mass is 10.2. The number of morpholine rings is 1. The molecule has 0 aliphatic carbocycles. The molecule has 1 unspecified atom stereocenters. The first-order chi connectivity index (χ1) is 9.19. The minimum absolute atomic E-state index is 0.0667. The lowest BCUT2D eigenvalue weighted by Crippen LogP contribution is -2.40. The molecule has 0 radical (unpaired) electrons. The van der Waals surface area contributed by atoms with E-state index in [-0.39, 0.29) is 12.0 Å². The summed E-state index contributed by atoms with van der Waals surface area (Å²) in [6, 6.07) is 5.12. The molecule has 1 aliphatic rings. The van der Waals surface area contributed by atoms with Gasteiger partial charge in [-0.05, 0) is 12.1 Å². The Morgan fingerprint density at radius 1 is 1.63 bits per heavy atom. The van der Waals surface area contributed by atoms with Crippen LogP contribution in [0.15, 0.2) is 18.2 Å². The highest BCUT2D eigenvalue weighted by Crippen LogP contribution is 2.27. The largest absolute Gasteiger partial charge is 0.495 e. The Hall–Kier alpha value is -1.30. The summed E-state index contributed by atoms with van der Waals surface area (Å²) in [4.78, 5) is 11.9. The normalized spacial score (nSPS) is 18.9. The second-order valence-electron chi connectivity index (χ2n) is 4.30. The number of anilines is 1. The van der Waals surface area contributed by atoms with Crippen molar-refractivity contribution in [1.29, 1.82) is 0 Å². The summed E-state index contributed by atoms with van der Waals surface area (Å²) in [5.41, 5.74) is 0.662. The summed E-state index contributed by atoms with van der Waals surface area (Å²) in [7, 11) is 1.54. The molecule has 1 saturated heterocycles. The minimum Gasteiger partial charge on any atom is -0.495 e. The van der Waals surface area contributed by atoms with Crippen LogP contribution in [-0.2, 0) is 9.53 Å². The van der Waals surface area contributed by atoms with E-state index < -0.39 is 0 Å². The fraction of sp³-hybridized carbons (Fsp3) is 0.462. The zero-order chi connectivity index (χ0) is 13.7. The van der Waals surface area contributed by atoms with Crippen molar-refractivity contribution in [2.24, 2.45) is 0 Å². The van der Waals surface area contributed by atoms with Gasteiger partial charge in [0.1, 0.15) is 5.75 Å². The first-order valence-electron chi connectivity index (χ1n) is 6.15. The van der Waals surface area contributed by atoms with E-state index in [1.165, 1.54) is 7.11 Å². The molecular formula is C13H17ClN2O3. The number of ether oxygens (including phenoxy) is 2. The molecule has 2 rings (SSSR count). The van der Waals surface area contributed by atoms with Crippen LogP contribution in [0.5, 0.6) is 5.75 Å². The Morgan fingerprint density at radius 3 is 3.16 bits per heavy atom. The van der Waals surface area contributed by atoms with Crippen molar-refractivity contribution < 1.29 is 14.3 Å². The standard InChI is InChI=1S/C13H17ClN2O3/c1-18-12-6-9(2-3-11(12)14)16-13(17)7-10-8-15-4-5-19-10/h2-3,6,10,15H,4-5,7-8H2,1H3,(H,16,17). The van der Waals surface area contributed by atoms with Crippen molar-refractivity contribution in [2.45, 2.75) is 12.5 Å². The van der Waals surface area contributed by atoms with Crippen LogP contribution < -0.4 is 15.4 Å². The second-order valence-corrected chi connectivity index (χ2v) is 4.71. The molecular weight excluding hydrogens is 268 g/mol. The quantitative estimate of drug-likeness (QED) is 0.883. The minimum atomic E-state index is -0.0851. The van der Waals surface area contributed by atoms with Crippen LogP contribution in [0.3, 0.4) is 0 Å². The predicted molar refractivity (Wildman–Crippen MR) is 73.9 cm³/mol. The number of carbonyl (C=O) groups excluding carboxylic acids is 1. The average Bonchev–Trinajstić information content (AvgIpc) is 2.42. The first-order valence-corrected chi connectivity index (χ1v) is 6.52. The first kappa shape index (κ1) is 14.1. The van der Waals surface area contributed by atoms with Gasteiger partial charge < -0.3 is 20.1 Å². The summed E-state index contributed by atoms with van der Waals surface area (Å²) in [5.74, 6) is 0.452. The third-order valence-corrected chi connectivity index (χ3v) is 3.16. The van der Waals surface area contributed by atoms with Gasteiger partial charge in [-0.25, -0.2) is 0 Å². The molecule has 1 aromatic carbocycles. The molecule has 0 saturated carbocycles. The number of carbonyl (C=O) groups is 1. The second kappa shape index (κ2) is 6.75. The molecule has 1 amide bonds. The SMILES string of the molecule is COc1cc(NC(=O)CC2CNCCO2)ccc1Cl. The van der Waals surface area contributed by atoms with E-state index in [2.05, 4.69) is 10.6 Å². The molecule has 2 N–H and O–H groups in total. The summed E-state index contributed by atoms with van der Waals surface area (Å²) in [6.45, 7) is 2.19. The molecule has 0 aromatic heterocycles. The molecule has 19 heavy (non-hydrogen) atoms. The van der Waals surface area contributed by atoms with Crippen LogP contribution >= 0.6 is 11.6 Å². The van der Waals surface area contributed by atoms with E-state index in [1.807, 2.05) is 0 Å². The van der Waals surface area contributed by atoms with E-state index in [0.717, 1.165) is 6.54 Å². The molecule has 5 nitrogen and oxygen atoms in total. The highest BCUT2D eigenvalue weighted by Gasteiger charge is 2.17. The van der Waals surface area contributed by atoms with Crippen LogP contribution in [0.25, 0.3) is 0 Å². The van der Waals surface area contributed by atoms with Gasteiger partial charge in [0, 0.05) is 24.8 Å². The highest BCUT2D eigenvalue weighted by atomic mass is 35.5. The summed E-state index contributed by atoms with van der Waals surface area (Å²) in [5, 5.41) is 6.51. The van der Waals surface area contributed by atoms with Gasteiger partial charge in [0.05, 0.1) is 31.3 Å². The average molecular weight is 285 g/mol. The van der Waals surface area contributed by atoms with E-state index in [0.29, 0.717) is 36.0 Å². The van der Waals surface area contributed by atoms with Crippen LogP contribution in [0, 0.1) is 0 Å². The zero-order valence-corrected chi connectivity index (χ0v) is 11.5. The van der Waals surface area contributed by atoms with Crippen molar-refractivity contribution >= 4 is 23.2 Å². The van der Waals surface area contributed by atoms with Gasteiger partial charge in [0.2, 0.25) is 5.91 Å². The van der Waals surface area contributed by atoms with Gasteiger partial charge in [-0.2, -0.15) is 0 Å². The Labute approximate surface area is 117 Å². The Morgan fingerprint density at radius 2 is 2.47 bits per heavy atom. The molecule has 0 spiro atoms. The monoisotopic (exact) mass is 284 g/mol. The highest BCUT2D eigenvalue weighted by molar-refractivity contribution is 6.32. The predicted octanol–water partition coefficient (Wildman–Crippen LogP) is 1.67. The lowest BCUT2D eigenvalue weighted by molar-refractivity contribution is -0.119. The number of amides is 1. The van der Waals surface area contributed by atoms with Crippen LogP contribution in [0.2, 0.25) is 5.02 Å². The fourth-order valence-corrected chi connectivity index (χ4v) is 2.10.